The SMILES string of the molecule is COC(=O)C(O[C@H]1C=C[C@@H](n2cnc3c(N)ncnc32)C1)P(=O)(OC)OC. The van der Waals surface area contributed by atoms with Gasteiger partial charge in [0.05, 0.1) is 25.6 Å². The predicted octanol–water partition coefficient (Wildman–Crippen LogP) is 1.28. The molecule has 11 nitrogen and oxygen atoms in total. The van der Waals surface area contributed by atoms with Crippen molar-refractivity contribution < 1.29 is 27.9 Å². The lowest BCUT2D eigenvalue weighted by molar-refractivity contribution is -0.151. The molecule has 3 rings (SSSR count). The van der Waals surface area contributed by atoms with Crippen molar-refractivity contribution in [3.05, 3.63) is 24.8 Å². The first-order chi connectivity index (χ1) is 12.9. The number of nitrogen functional groups attached to an aromatic ring is 1. The van der Waals surface area contributed by atoms with Crippen molar-refractivity contribution >= 4 is 30.5 Å². The number of ether oxygens (including phenoxy) is 2. The van der Waals surface area contributed by atoms with Crippen molar-refractivity contribution in [2.45, 2.75) is 24.4 Å². The summed E-state index contributed by atoms with van der Waals surface area (Å²) >= 11 is 0. The summed E-state index contributed by atoms with van der Waals surface area (Å²) in [5.74, 6) is -2.05. The first-order valence-electron chi connectivity index (χ1n) is 7.99. The van der Waals surface area contributed by atoms with Crippen LogP contribution < -0.4 is 5.73 Å². The monoisotopic (exact) mass is 397 g/mol. The van der Waals surface area contributed by atoms with Gasteiger partial charge < -0.3 is 28.8 Å². The van der Waals surface area contributed by atoms with E-state index >= 15 is 0 Å². The Morgan fingerprint density at radius 2 is 2.00 bits per heavy atom. The molecule has 0 amide bonds. The maximum atomic E-state index is 12.6. The molecule has 1 aliphatic rings. The highest BCUT2D eigenvalue weighted by molar-refractivity contribution is 7.55. The van der Waals surface area contributed by atoms with Gasteiger partial charge in [-0.15, -0.1) is 0 Å². The van der Waals surface area contributed by atoms with Crippen LogP contribution in [0.1, 0.15) is 12.5 Å². The molecule has 27 heavy (non-hydrogen) atoms. The fraction of sp³-hybridized carbons (Fsp3) is 0.467. The Kier molecular flexibility index (Phi) is 5.56. The second-order valence-electron chi connectivity index (χ2n) is 5.73. The van der Waals surface area contributed by atoms with E-state index in [-0.39, 0.29) is 6.04 Å². The number of allylic oxidation sites excluding steroid dienone is 1. The minimum Gasteiger partial charge on any atom is -0.467 e. The van der Waals surface area contributed by atoms with E-state index in [1.54, 1.807) is 12.4 Å². The van der Waals surface area contributed by atoms with Crippen LogP contribution in [0, 0.1) is 0 Å². The molecule has 12 heteroatoms. The van der Waals surface area contributed by atoms with Gasteiger partial charge in [-0.25, -0.2) is 19.7 Å². The fourth-order valence-corrected chi connectivity index (χ4v) is 4.06. The van der Waals surface area contributed by atoms with Crippen molar-refractivity contribution in [2.24, 2.45) is 0 Å². The highest BCUT2D eigenvalue weighted by Crippen LogP contribution is 2.53. The maximum absolute atomic E-state index is 12.6. The molecule has 0 radical (unpaired) electrons. The van der Waals surface area contributed by atoms with Gasteiger partial charge in [-0.1, -0.05) is 12.2 Å². The number of anilines is 1. The van der Waals surface area contributed by atoms with Crippen molar-refractivity contribution in [1.29, 1.82) is 0 Å². The average Bonchev–Trinajstić information content (AvgIpc) is 3.32. The molecule has 3 atom stereocenters. The van der Waals surface area contributed by atoms with E-state index in [0.717, 1.165) is 0 Å². The van der Waals surface area contributed by atoms with Crippen LogP contribution in [0.2, 0.25) is 0 Å². The molecule has 0 aromatic carbocycles. The van der Waals surface area contributed by atoms with Gasteiger partial charge in [-0.2, -0.15) is 0 Å². The van der Waals surface area contributed by atoms with Crippen LogP contribution in [0.15, 0.2) is 24.8 Å². The second-order valence-corrected chi connectivity index (χ2v) is 8.00. The number of nitrogens with zero attached hydrogens (tertiary/aromatic N) is 4. The number of carbonyl (C=O) groups excluding carboxylic acids is 1. The largest absolute Gasteiger partial charge is 0.467 e. The molecule has 0 saturated heterocycles. The molecule has 2 aromatic heterocycles. The molecular formula is C15H20N5O6P. The third kappa shape index (κ3) is 3.59. The van der Waals surface area contributed by atoms with Gasteiger partial charge in [-0.05, 0) is 0 Å². The van der Waals surface area contributed by atoms with E-state index in [9.17, 15) is 9.36 Å². The van der Waals surface area contributed by atoms with Crippen LogP contribution in [0.5, 0.6) is 0 Å². The molecule has 1 aliphatic carbocycles. The Hall–Kier alpha value is -2.33. The number of fused-ring (bicyclic) bond motifs is 1. The third-order valence-electron chi connectivity index (χ3n) is 4.27. The predicted molar refractivity (Wildman–Crippen MR) is 94.8 cm³/mol. The summed E-state index contributed by atoms with van der Waals surface area (Å²) in [5, 5.41) is 0. The normalized spacial score (nSPS) is 20.9. The summed E-state index contributed by atoms with van der Waals surface area (Å²) in [5.41, 5.74) is 6.90. The van der Waals surface area contributed by atoms with E-state index in [1.165, 1.54) is 27.7 Å². The molecular weight excluding hydrogens is 377 g/mol. The fourth-order valence-electron chi connectivity index (χ4n) is 2.86. The maximum Gasteiger partial charge on any atom is 0.370 e. The summed E-state index contributed by atoms with van der Waals surface area (Å²) in [7, 11) is -0.300. The summed E-state index contributed by atoms with van der Waals surface area (Å²) in [6.45, 7) is 0. The van der Waals surface area contributed by atoms with Crippen molar-refractivity contribution in [1.82, 2.24) is 19.5 Å². The lowest BCUT2D eigenvalue weighted by atomic mass is 10.2. The Morgan fingerprint density at radius 1 is 1.26 bits per heavy atom. The van der Waals surface area contributed by atoms with Crippen LogP contribution in [0.3, 0.4) is 0 Å². The minimum absolute atomic E-state index is 0.142. The molecule has 0 spiro atoms. The highest BCUT2D eigenvalue weighted by Gasteiger charge is 2.44. The number of rotatable bonds is 7. The lowest BCUT2D eigenvalue weighted by Gasteiger charge is -2.25. The zero-order valence-electron chi connectivity index (χ0n) is 15.0. The Morgan fingerprint density at radius 3 is 2.67 bits per heavy atom. The van der Waals surface area contributed by atoms with Gasteiger partial charge in [0.2, 0.25) is 0 Å². The van der Waals surface area contributed by atoms with Crippen molar-refractivity contribution in [3.8, 4) is 0 Å². The van der Waals surface area contributed by atoms with Crippen LogP contribution in [0.25, 0.3) is 11.2 Å². The number of methoxy groups -OCH3 is 1. The van der Waals surface area contributed by atoms with E-state index in [1.807, 2.05) is 10.6 Å². The minimum atomic E-state index is -3.83. The van der Waals surface area contributed by atoms with Crippen molar-refractivity contribution in [2.75, 3.05) is 27.1 Å². The Balaban J connectivity index is 1.79. The van der Waals surface area contributed by atoms with Gasteiger partial charge in [0.15, 0.2) is 11.5 Å². The summed E-state index contributed by atoms with van der Waals surface area (Å²) in [4.78, 5) is 24.4. The molecule has 0 fully saturated rings. The first-order valence-corrected chi connectivity index (χ1v) is 9.60. The molecule has 2 heterocycles. The standard InChI is InChI=1S/C15H20N5O6P/c1-23-14(21)15(27(22,24-2)25-3)26-10-5-4-9(6-10)20-8-19-11-12(16)17-7-18-13(11)20/h4-5,7-10,15H,6H2,1-3H3,(H2,16,17,18)/t9-,10+,15?/m1/s1. The summed E-state index contributed by atoms with van der Waals surface area (Å²) < 4.78 is 34.6. The number of carbonyl (C=O) groups is 1. The zero-order valence-corrected chi connectivity index (χ0v) is 15.9. The van der Waals surface area contributed by atoms with Gasteiger partial charge in [0, 0.05) is 20.6 Å². The third-order valence-corrected chi connectivity index (χ3v) is 6.19. The first kappa shape index (κ1) is 19.4. The van der Waals surface area contributed by atoms with Crippen LogP contribution in [-0.4, -0.2) is 58.8 Å². The summed E-state index contributed by atoms with van der Waals surface area (Å²) in [6, 6.07) is -0.142. The van der Waals surface area contributed by atoms with Gasteiger partial charge >= 0.3 is 13.6 Å². The average molecular weight is 397 g/mol. The molecule has 0 aliphatic heterocycles. The molecule has 2 N–H and O–H groups in total. The number of esters is 1. The van der Waals surface area contributed by atoms with E-state index in [4.69, 9.17) is 19.5 Å². The molecule has 1 unspecified atom stereocenters. The van der Waals surface area contributed by atoms with Gasteiger partial charge in [-0.3, -0.25) is 4.57 Å². The number of hydrogen-bond donors (Lipinski definition) is 1. The van der Waals surface area contributed by atoms with Crippen LogP contribution in [-0.2, 0) is 27.9 Å². The van der Waals surface area contributed by atoms with Crippen molar-refractivity contribution in [3.63, 3.8) is 0 Å². The zero-order chi connectivity index (χ0) is 19.6. The number of hydrogen-bond acceptors (Lipinski definition) is 10. The summed E-state index contributed by atoms with van der Waals surface area (Å²) in [6.07, 6.45) is 6.55. The van der Waals surface area contributed by atoms with E-state index in [2.05, 4.69) is 19.7 Å². The van der Waals surface area contributed by atoms with E-state index in [0.29, 0.717) is 23.4 Å². The van der Waals surface area contributed by atoms with Crippen LogP contribution >= 0.6 is 7.60 Å². The van der Waals surface area contributed by atoms with Gasteiger partial charge in [0.25, 0.3) is 5.85 Å². The quantitative estimate of drug-likeness (QED) is 0.412. The second kappa shape index (κ2) is 7.73. The molecule has 146 valence electrons. The van der Waals surface area contributed by atoms with Crippen LogP contribution in [0.4, 0.5) is 5.82 Å². The Bertz CT molecular complexity index is 907. The smallest absolute Gasteiger partial charge is 0.370 e. The number of imidazole rings is 1. The van der Waals surface area contributed by atoms with Gasteiger partial charge in [0.1, 0.15) is 11.8 Å². The molecule has 0 saturated carbocycles. The molecule has 0 bridgehead atoms. The highest BCUT2D eigenvalue weighted by atomic mass is 31.2. The Labute approximate surface area is 155 Å². The number of nitrogens with two attached hydrogens (primary N) is 1. The molecule has 2 aromatic rings. The number of aromatic nitrogens is 4. The topological polar surface area (TPSA) is 141 Å². The van der Waals surface area contributed by atoms with E-state index < -0.39 is 25.5 Å². The lowest BCUT2D eigenvalue weighted by Crippen LogP contribution is -2.30.